The van der Waals surface area contributed by atoms with Crippen LogP contribution >= 0.6 is 27.7 Å². The van der Waals surface area contributed by atoms with Crippen LogP contribution in [0.25, 0.3) is 0 Å². The van der Waals surface area contributed by atoms with Gasteiger partial charge in [-0.25, -0.2) is 0 Å². The Morgan fingerprint density at radius 1 is 1.60 bits per heavy atom. The molecule has 20 heavy (non-hydrogen) atoms. The number of hydrogen-bond acceptors (Lipinski definition) is 6. The van der Waals surface area contributed by atoms with E-state index in [1.54, 1.807) is 6.07 Å². The Balaban J connectivity index is 2.16. The molecule has 2 rings (SSSR count). The van der Waals surface area contributed by atoms with Crippen molar-refractivity contribution < 1.29 is 14.6 Å². The first kappa shape index (κ1) is 14.9. The van der Waals surface area contributed by atoms with Crippen molar-refractivity contribution in [2.75, 3.05) is 12.4 Å². The third-order valence-corrected chi connectivity index (χ3v) is 3.86. The molecule has 0 spiro atoms. The molecule has 0 bridgehead atoms. The van der Waals surface area contributed by atoms with Crippen molar-refractivity contribution in [1.29, 1.82) is 0 Å². The van der Waals surface area contributed by atoms with Gasteiger partial charge in [0.1, 0.15) is 0 Å². The van der Waals surface area contributed by atoms with Gasteiger partial charge in [0.2, 0.25) is 5.91 Å². The Hall–Kier alpha value is -1.54. The van der Waals surface area contributed by atoms with Crippen molar-refractivity contribution in [2.45, 2.75) is 6.92 Å². The molecule has 0 unspecified atom stereocenters. The molecular formula is C12H12BrN3O3S. The van der Waals surface area contributed by atoms with Crippen LogP contribution in [0.3, 0.4) is 0 Å². The molecule has 0 atom stereocenters. The molecule has 0 aliphatic carbocycles. The van der Waals surface area contributed by atoms with Gasteiger partial charge in [0, 0.05) is 10.0 Å². The summed E-state index contributed by atoms with van der Waals surface area (Å²) in [6, 6.07) is 3.19. The molecule has 1 saturated heterocycles. The lowest BCUT2D eigenvalue weighted by atomic mass is 10.2. The van der Waals surface area contributed by atoms with E-state index in [-0.39, 0.29) is 11.7 Å². The van der Waals surface area contributed by atoms with Gasteiger partial charge in [0.05, 0.1) is 18.6 Å². The number of phenolic OH excluding ortho intramolecular Hbond substituents is 1. The summed E-state index contributed by atoms with van der Waals surface area (Å²) in [4.78, 5) is 11.0. The summed E-state index contributed by atoms with van der Waals surface area (Å²) in [5, 5.41) is 20.6. The summed E-state index contributed by atoms with van der Waals surface area (Å²) < 4.78 is 5.97. The van der Waals surface area contributed by atoms with E-state index in [4.69, 9.17) is 4.74 Å². The molecular weight excluding hydrogens is 346 g/mol. The Morgan fingerprint density at radius 3 is 3.05 bits per heavy atom. The Kier molecular flexibility index (Phi) is 5.02. The third-order valence-electron chi connectivity index (χ3n) is 2.31. The predicted octanol–water partition coefficient (Wildman–Crippen LogP) is 2.11. The van der Waals surface area contributed by atoms with Gasteiger partial charge in [-0.05, 0) is 35.0 Å². The first-order chi connectivity index (χ1) is 9.60. The maximum Gasteiger partial charge on any atom is 0.236 e. The van der Waals surface area contributed by atoms with E-state index in [1.165, 1.54) is 24.0 Å². The average molecular weight is 358 g/mol. The number of benzene rings is 1. The molecule has 8 heteroatoms. The molecule has 2 N–H and O–H groups in total. The topological polar surface area (TPSA) is 83.3 Å². The molecule has 0 aromatic heterocycles. The van der Waals surface area contributed by atoms with E-state index >= 15 is 0 Å². The summed E-state index contributed by atoms with van der Waals surface area (Å²) in [6.45, 7) is 2.29. The van der Waals surface area contributed by atoms with Crippen LogP contribution in [0.5, 0.6) is 11.5 Å². The highest BCUT2D eigenvalue weighted by atomic mass is 79.9. The van der Waals surface area contributed by atoms with Gasteiger partial charge >= 0.3 is 0 Å². The normalized spacial score (nSPS) is 16.9. The van der Waals surface area contributed by atoms with Crippen molar-refractivity contribution in [1.82, 2.24) is 5.32 Å². The SMILES string of the molecule is CCOc1cc(C=NN=C2NC(=O)CS2)c(Br)cc1O. The zero-order chi connectivity index (χ0) is 14.5. The Labute approximate surface area is 128 Å². The van der Waals surface area contributed by atoms with Gasteiger partial charge in [0.15, 0.2) is 16.7 Å². The zero-order valence-electron chi connectivity index (χ0n) is 10.6. The number of amides is 1. The van der Waals surface area contributed by atoms with Crippen LogP contribution < -0.4 is 10.1 Å². The summed E-state index contributed by atoms with van der Waals surface area (Å²) >= 11 is 4.63. The largest absolute Gasteiger partial charge is 0.504 e. The van der Waals surface area contributed by atoms with E-state index in [0.29, 0.717) is 33.3 Å². The number of carbonyl (C=O) groups excluding carboxylic acids is 1. The first-order valence-electron chi connectivity index (χ1n) is 5.79. The summed E-state index contributed by atoms with van der Waals surface area (Å²) in [5.41, 5.74) is 0.713. The van der Waals surface area contributed by atoms with Gasteiger partial charge in [-0.15, -0.1) is 5.10 Å². The number of amidine groups is 1. The van der Waals surface area contributed by atoms with Crippen molar-refractivity contribution in [3.63, 3.8) is 0 Å². The van der Waals surface area contributed by atoms with Crippen LogP contribution in [-0.4, -0.2) is 34.8 Å². The Morgan fingerprint density at radius 2 is 2.40 bits per heavy atom. The van der Waals surface area contributed by atoms with Crippen LogP contribution in [-0.2, 0) is 4.79 Å². The number of aromatic hydroxyl groups is 1. The minimum absolute atomic E-state index is 0.0563. The van der Waals surface area contributed by atoms with Gasteiger partial charge in [-0.2, -0.15) is 5.10 Å². The lowest BCUT2D eigenvalue weighted by Gasteiger charge is -2.07. The zero-order valence-corrected chi connectivity index (χ0v) is 13.0. The number of nitrogens with one attached hydrogen (secondary N) is 1. The Bertz CT molecular complexity index is 590. The maximum absolute atomic E-state index is 11.0. The predicted molar refractivity (Wildman–Crippen MR) is 82.6 cm³/mol. The summed E-state index contributed by atoms with van der Waals surface area (Å²) in [5.74, 6) is 0.730. The van der Waals surface area contributed by atoms with Crippen LogP contribution in [0.1, 0.15) is 12.5 Å². The fourth-order valence-corrected chi connectivity index (χ4v) is 2.52. The molecule has 1 aromatic rings. The van der Waals surface area contributed by atoms with E-state index in [2.05, 4.69) is 31.4 Å². The van der Waals surface area contributed by atoms with Crippen LogP contribution in [0, 0.1) is 0 Å². The molecule has 106 valence electrons. The monoisotopic (exact) mass is 357 g/mol. The molecule has 1 amide bonds. The van der Waals surface area contributed by atoms with Gasteiger partial charge in [-0.1, -0.05) is 11.8 Å². The number of rotatable bonds is 4. The first-order valence-corrected chi connectivity index (χ1v) is 7.57. The molecule has 6 nitrogen and oxygen atoms in total. The van der Waals surface area contributed by atoms with E-state index in [1.807, 2.05) is 6.92 Å². The van der Waals surface area contributed by atoms with Crippen LogP contribution in [0.15, 0.2) is 26.8 Å². The number of nitrogens with zero attached hydrogens (tertiary/aromatic N) is 2. The van der Waals surface area contributed by atoms with Gasteiger partial charge < -0.3 is 15.2 Å². The fraction of sp³-hybridized carbons (Fsp3) is 0.250. The van der Waals surface area contributed by atoms with E-state index in [9.17, 15) is 9.90 Å². The number of carbonyl (C=O) groups is 1. The van der Waals surface area contributed by atoms with Crippen molar-refractivity contribution >= 4 is 45.0 Å². The molecule has 1 heterocycles. The summed E-state index contributed by atoms with van der Waals surface area (Å²) in [7, 11) is 0. The highest BCUT2D eigenvalue weighted by Crippen LogP contribution is 2.31. The van der Waals surface area contributed by atoms with Crippen LogP contribution in [0.4, 0.5) is 0 Å². The minimum atomic E-state index is -0.0756. The van der Waals surface area contributed by atoms with E-state index < -0.39 is 0 Å². The van der Waals surface area contributed by atoms with Gasteiger partial charge in [0.25, 0.3) is 0 Å². The highest BCUT2D eigenvalue weighted by molar-refractivity contribution is 9.10. The maximum atomic E-state index is 11.0. The van der Waals surface area contributed by atoms with Crippen molar-refractivity contribution in [2.24, 2.45) is 10.2 Å². The third kappa shape index (κ3) is 3.73. The molecule has 1 aliphatic rings. The molecule has 1 aromatic carbocycles. The minimum Gasteiger partial charge on any atom is -0.504 e. The molecule has 1 aliphatic heterocycles. The second-order valence-electron chi connectivity index (χ2n) is 3.76. The molecule has 0 radical (unpaired) electrons. The number of halogens is 1. The lowest BCUT2D eigenvalue weighted by Crippen LogP contribution is -2.19. The second kappa shape index (κ2) is 6.76. The van der Waals surface area contributed by atoms with E-state index in [0.717, 1.165) is 0 Å². The number of phenols is 1. The lowest BCUT2D eigenvalue weighted by molar-refractivity contribution is -0.116. The fourth-order valence-electron chi connectivity index (χ4n) is 1.45. The number of hydrogen-bond donors (Lipinski definition) is 2. The quantitative estimate of drug-likeness (QED) is 0.638. The van der Waals surface area contributed by atoms with Crippen LogP contribution in [0.2, 0.25) is 0 Å². The van der Waals surface area contributed by atoms with Crippen molar-refractivity contribution in [3.05, 3.63) is 22.2 Å². The number of thioether (sulfide) groups is 1. The second-order valence-corrected chi connectivity index (χ2v) is 5.58. The number of ether oxygens (including phenoxy) is 1. The highest BCUT2D eigenvalue weighted by Gasteiger charge is 2.16. The van der Waals surface area contributed by atoms with Gasteiger partial charge in [-0.3, -0.25) is 4.79 Å². The average Bonchev–Trinajstić information content (AvgIpc) is 2.81. The standard InChI is InChI=1S/C12H12BrN3O3S/c1-2-19-10-3-7(8(13)4-9(10)17)5-14-16-12-15-11(18)6-20-12/h3-5,17H,2,6H2,1H3,(H,15,16,18). The molecule has 1 fully saturated rings. The summed E-state index contributed by atoms with van der Waals surface area (Å²) in [6.07, 6.45) is 1.52. The molecule has 0 saturated carbocycles. The smallest absolute Gasteiger partial charge is 0.236 e. The van der Waals surface area contributed by atoms with Crippen molar-refractivity contribution in [3.8, 4) is 11.5 Å².